The van der Waals surface area contributed by atoms with E-state index in [1.54, 1.807) is 0 Å². The maximum atomic E-state index is 13.2. The van der Waals surface area contributed by atoms with Crippen molar-refractivity contribution in [1.82, 2.24) is 0 Å². The van der Waals surface area contributed by atoms with Gasteiger partial charge in [0.05, 0.1) is 0 Å². The van der Waals surface area contributed by atoms with Gasteiger partial charge in [-0.1, -0.05) is 45.1 Å². The fraction of sp³-hybridized carbons (Fsp3) is 0.765. The molecule has 2 atom stereocenters. The molecule has 0 saturated heterocycles. The molecule has 2 aliphatic rings. The number of halogens is 2. The molecule has 0 aromatic rings. The van der Waals surface area contributed by atoms with Crippen LogP contribution in [-0.2, 0) is 0 Å². The van der Waals surface area contributed by atoms with E-state index >= 15 is 0 Å². The molecular formula is C17H26F2. The Labute approximate surface area is 116 Å². The molecule has 2 heteroatoms. The van der Waals surface area contributed by atoms with Crippen molar-refractivity contribution >= 4 is 0 Å². The summed E-state index contributed by atoms with van der Waals surface area (Å²) in [6, 6.07) is 0. The van der Waals surface area contributed by atoms with Crippen LogP contribution in [0.15, 0.2) is 24.3 Å². The Kier molecular flexibility index (Phi) is 4.17. The molecule has 0 aromatic carbocycles. The molecule has 2 unspecified atom stereocenters. The molecule has 0 N–H and O–H groups in total. The van der Waals surface area contributed by atoms with E-state index in [0.717, 1.165) is 6.42 Å². The smallest absolute Gasteiger partial charge is 0.207 e. The van der Waals surface area contributed by atoms with Crippen LogP contribution in [0.1, 0.15) is 52.9 Å². The van der Waals surface area contributed by atoms with E-state index in [1.165, 1.54) is 0 Å². The first-order chi connectivity index (χ1) is 8.78. The zero-order valence-corrected chi connectivity index (χ0v) is 12.3. The van der Waals surface area contributed by atoms with Crippen LogP contribution in [0.5, 0.6) is 0 Å². The summed E-state index contributed by atoms with van der Waals surface area (Å²) < 4.78 is 26.4. The quantitative estimate of drug-likeness (QED) is 0.611. The molecule has 1 saturated carbocycles. The topological polar surface area (TPSA) is 0 Å². The van der Waals surface area contributed by atoms with Crippen LogP contribution in [0.25, 0.3) is 0 Å². The minimum absolute atomic E-state index is 0.0874. The van der Waals surface area contributed by atoms with E-state index in [9.17, 15) is 8.78 Å². The Morgan fingerprint density at radius 1 is 1.05 bits per heavy atom. The highest BCUT2D eigenvalue weighted by Crippen LogP contribution is 2.43. The van der Waals surface area contributed by atoms with Crippen molar-refractivity contribution in [2.45, 2.75) is 58.8 Å². The molecule has 0 bridgehead atoms. The van der Waals surface area contributed by atoms with Gasteiger partial charge in [0.15, 0.2) is 0 Å². The molecule has 0 spiro atoms. The van der Waals surface area contributed by atoms with Crippen LogP contribution in [0.2, 0.25) is 0 Å². The van der Waals surface area contributed by atoms with Gasteiger partial charge >= 0.3 is 0 Å². The summed E-state index contributed by atoms with van der Waals surface area (Å²) in [5.41, 5.74) is 0.241. The summed E-state index contributed by atoms with van der Waals surface area (Å²) >= 11 is 0. The molecule has 0 aromatic heterocycles. The minimum Gasteiger partial charge on any atom is -0.207 e. The van der Waals surface area contributed by atoms with Gasteiger partial charge in [-0.25, -0.2) is 8.78 Å². The molecule has 1 fully saturated rings. The Balaban J connectivity index is 1.95. The van der Waals surface area contributed by atoms with Gasteiger partial charge in [-0.05, 0) is 42.4 Å². The number of alkyl halides is 2. The first-order valence-electron chi connectivity index (χ1n) is 7.51. The first-order valence-corrected chi connectivity index (χ1v) is 7.51. The van der Waals surface area contributed by atoms with Gasteiger partial charge in [-0.3, -0.25) is 0 Å². The number of hydrogen-bond acceptors (Lipinski definition) is 0. The predicted octanol–water partition coefficient (Wildman–Crippen LogP) is 5.61. The van der Waals surface area contributed by atoms with E-state index in [4.69, 9.17) is 0 Å². The monoisotopic (exact) mass is 268 g/mol. The zero-order valence-electron chi connectivity index (χ0n) is 12.3. The van der Waals surface area contributed by atoms with Crippen LogP contribution in [0.3, 0.4) is 0 Å². The summed E-state index contributed by atoms with van der Waals surface area (Å²) in [6.45, 7) is 6.80. The number of hydrogen-bond donors (Lipinski definition) is 0. The Hall–Kier alpha value is -0.660. The fourth-order valence-corrected chi connectivity index (χ4v) is 3.53. The van der Waals surface area contributed by atoms with Crippen molar-refractivity contribution in [3.8, 4) is 0 Å². The Morgan fingerprint density at radius 2 is 1.63 bits per heavy atom. The van der Waals surface area contributed by atoms with Crippen molar-refractivity contribution in [1.29, 1.82) is 0 Å². The molecule has 0 radical (unpaired) electrons. The van der Waals surface area contributed by atoms with Gasteiger partial charge in [-0.2, -0.15) is 0 Å². The highest BCUT2D eigenvalue weighted by atomic mass is 19.3. The van der Waals surface area contributed by atoms with E-state index in [2.05, 4.69) is 45.1 Å². The summed E-state index contributed by atoms with van der Waals surface area (Å²) in [7, 11) is 0. The van der Waals surface area contributed by atoms with Crippen molar-refractivity contribution in [3.63, 3.8) is 0 Å². The maximum absolute atomic E-state index is 13.2. The second kappa shape index (κ2) is 5.38. The van der Waals surface area contributed by atoms with Crippen molar-refractivity contribution in [2.24, 2.45) is 23.2 Å². The molecule has 2 rings (SSSR count). The largest absolute Gasteiger partial charge is 0.248 e. The average molecular weight is 268 g/mol. The Bertz CT molecular complexity index is 350. The standard InChI is InChI=1S/C17H26F2/c1-16(2,3)15-7-5-4-6-14(15)12-13-8-10-17(18,19)11-9-13/h4-7,13-15H,8-12H2,1-3H3. The highest BCUT2D eigenvalue weighted by Gasteiger charge is 2.37. The molecule has 2 aliphatic carbocycles. The normalized spacial score (nSPS) is 31.6. The van der Waals surface area contributed by atoms with Crippen LogP contribution < -0.4 is 0 Å². The average Bonchev–Trinajstić information content (AvgIpc) is 2.31. The third-order valence-electron chi connectivity index (χ3n) is 4.69. The van der Waals surface area contributed by atoms with Gasteiger partial charge in [-0.15, -0.1) is 0 Å². The minimum atomic E-state index is -2.40. The van der Waals surface area contributed by atoms with Crippen molar-refractivity contribution in [2.75, 3.05) is 0 Å². The van der Waals surface area contributed by atoms with Gasteiger partial charge in [0.1, 0.15) is 0 Å². The van der Waals surface area contributed by atoms with Crippen LogP contribution in [0, 0.1) is 23.2 Å². The summed E-state index contributed by atoms with van der Waals surface area (Å²) in [6.07, 6.45) is 11.4. The molecule has 0 heterocycles. The fourth-order valence-electron chi connectivity index (χ4n) is 3.53. The SMILES string of the molecule is CC(C)(C)C1C=CC=CC1CC1CCC(F)(F)CC1. The van der Waals surface area contributed by atoms with Crippen LogP contribution >= 0.6 is 0 Å². The molecular weight excluding hydrogens is 242 g/mol. The molecule has 0 aliphatic heterocycles. The lowest BCUT2D eigenvalue weighted by molar-refractivity contribution is -0.0484. The van der Waals surface area contributed by atoms with E-state index in [0.29, 0.717) is 30.6 Å². The predicted molar refractivity (Wildman–Crippen MR) is 76.2 cm³/mol. The highest BCUT2D eigenvalue weighted by molar-refractivity contribution is 5.16. The lowest BCUT2D eigenvalue weighted by Gasteiger charge is -2.38. The van der Waals surface area contributed by atoms with E-state index in [-0.39, 0.29) is 18.3 Å². The number of allylic oxidation sites excluding steroid dienone is 4. The molecule has 108 valence electrons. The Morgan fingerprint density at radius 3 is 2.21 bits per heavy atom. The summed E-state index contributed by atoms with van der Waals surface area (Å²) in [4.78, 5) is 0. The van der Waals surface area contributed by atoms with Gasteiger partial charge < -0.3 is 0 Å². The zero-order chi connectivity index (χ0) is 14.1. The number of rotatable bonds is 2. The second-order valence-electron chi connectivity index (χ2n) is 7.36. The van der Waals surface area contributed by atoms with Gasteiger partial charge in [0.25, 0.3) is 0 Å². The van der Waals surface area contributed by atoms with Crippen molar-refractivity contribution in [3.05, 3.63) is 24.3 Å². The summed E-state index contributed by atoms with van der Waals surface area (Å²) in [5.74, 6) is -0.880. The molecule has 19 heavy (non-hydrogen) atoms. The third kappa shape index (κ3) is 3.90. The second-order valence-corrected chi connectivity index (χ2v) is 7.36. The van der Waals surface area contributed by atoms with Crippen molar-refractivity contribution < 1.29 is 8.78 Å². The first kappa shape index (κ1) is 14.7. The van der Waals surface area contributed by atoms with E-state index < -0.39 is 5.92 Å². The lowest BCUT2D eigenvalue weighted by Crippen LogP contribution is -2.30. The van der Waals surface area contributed by atoms with Gasteiger partial charge in [0.2, 0.25) is 5.92 Å². The molecule has 0 amide bonds. The van der Waals surface area contributed by atoms with E-state index in [1.807, 2.05) is 0 Å². The van der Waals surface area contributed by atoms with Crippen LogP contribution in [-0.4, -0.2) is 5.92 Å². The lowest BCUT2D eigenvalue weighted by atomic mass is 9.67. The molecule has 0 nitrogen and oxygen atoms in total. The van der Waals surface area contributed by atoms with Gasteiger partial charge in [0, 0.05) is 12.8 Å². The third-order valence-corrected chi connectivity index (χ3v) is 4.69. The summed E-state index contributed by atoms with van der Waals surface area (Å²) in [5, 5.41) is 0. The maximum Gasteiger partial charge on any atom is 0.248 e. The van der Waals surface area contributed by atoms with Crippen LogP contribution in [0.4, 0.5) is 8.78 Å².